The summed E-state index contributed by atoms with van der Waals surface area (Å²) in [5.41, 5.74) is 15.3. The molecule has 1 aliphatic rings. The molecule has 0 saturated carbocycles. The van der Waals surface area contributed by atoms with Crippen molar-refractivity contribution in [2.75, 3.05) is 0 Å². The van der Waals surface area contributed by atoms with Gasteiger partial charge in [-0.25, -0.2) is 9.97 Å². The fourth-order valence-electron chi connectivity index (χ4n) is 8.42. The number of pyridine rings is 2. The van der Waals surface area contributed by atoms with Crippen molar-refractivity contribution in [2.45, 2.75) is 12.8 Å². The van der Waals surface area contributed by atoms with Crippen LogP contribution in [0.25, 0.3) is 99.8 Å². The molecule has 0 radical (unpaired) electrons. The van der Waals surface area contributed by atoms with Crippen LogP contribution in [0, 0.1) is 0 Å². The minimum absolute atomic E-state index is 0.897. The first-order valence-electron chi connectivity index (χ1n) is 19.0. The van der Waals surface area contributed by atoms with Crippen molar-refractivity contribution in [3.8, 4) is 33.6 Å². The number of benzene rings is 7. The Labute approximate surface area is 318 Å². The van der Waals surface area contributed by atoms with Gasteiger partial charge in [-0.3, -0.25) is 0 Å². The molecule has 0 amide bonds. The maximum Gasteiger partial charge on any atom is 0.144 e. The first kappa shape index (κ1) is 31.4. The van der Waals surface area contributed by atoms with E-state index in [0.29, 0.717) is 0 Å². The Kier molecular flexibility index (Phi) is 7.31. The van der Waals surface area contributed by atoms with Gasteiger partial charge >= 0.3 is 0 Å². The highest BCUT2D eigenvalue weighted by Crippen LogP contribution is 2.41. The van der Waals surface area contributed by atoms with E-state index in [4.69, 9.17) is 14.4 Å². The molecule has 0 aliphatic heterocycles. The van der Waals surface area contributed by atoms with Crippen LogP contribution in [0.4, 0.5) is 0 Å². The van der Waals surface area contributed by atoms with Gasteiger partial charge in [0, 0.05) is 43.4 Å². The summed E-state index contributed by atoms with van der Waals surface area (Å²) in [6.07, 6.45) is 8.76. The quantitative estimate of drug-likeness (QED) is 0.171. The third-order valence-electron chi connectivity index (χ3n) is 11.2. The van der Waals surface area contributed by atoms with Gasteiger partial charge in [-0.05, 0) is 76.6 Å². The Morgan fingerprint density at radius 2 is 1.24 bits per heavy atom. The predicted octanol–water partition coefficient (Wildman–Crippen LogP) is 13.9. The van der Waals surface area contributed by atoms with Gasteiger partial charge in [-0.2, -0.15) is 0 Å². The van der Waals surface area contributed by atoms with Gasteiger partial charge in [0.25, 0.3) is 0 Å². The van der Waals surface area contributed by atoms with E-state index < -0.39 is 0 Å². The van der Waals surface area contributed by atoms with Crippen LogP contribution in [0.1, 0.15) is 23.1 Å². The van der Waals surface area contributed by atoms with Gasteiger partial charge in [-0.1, -0.05) is 152 Å². The first-order chi connectivity index (χ1) is 27.2. The van der Waals surface area contributed by atoms with Gasteiger partial charge in [0.05, 0.1) is 22.4 Å². The summed E-state index contributed by atoms with van der Waals surface area (Å²) < 4.78 is 6.55. The van der Waals surface area contributed by atoms with Gasteiger partial charge in [0.1, 0.15) is 11.2 Å². The van der Waals surface area contributed by atoms with Crippen LogP contribution in [-0.4, -0.2) is 9.97 Å². The van der Waals surface area contributed by atoms with E-state index in [1.807, 2.05) is 12.1 Å². The van der Waals surface area contributed by atoms with Gasteiger partial charge in [0.2, 0.25) is 0 Å². The highest BCUT2D eigenvalue weighted by molar-refractivity contribution is 6.24. The molecule has 3 heteroatoms. The number of furan rings is 1. The van der Waals surface area contributed by atoms with Crippen LogP contribution in [0.15, 0.2) is 180 Å². The number of aromatic nitrogens is 2. The molecule has 0 spiro atoms. The SMILES string of the molecule is C1=C\c2ccc3ccc(-c4ccc(-c5cccc(-c6nc7ccccc7c7c6ccc6c8ccccc8oc67)c5)cc4)nc3c2CC\C=C/1c1ccccc1. The fourth-order valence-corrected chi connectivity index (χ4v) is 8.42. The van der Waals surface area contributed by atoms with Crippen molar-refractivity contribution in [1.82, 2.24) is 9.97 Å². The maximum absolute atomic E-state index is 6.55. The van der Waals surface area contributed by atoms with E-state index in [0.717, 1.165) is 95.6 Å². The van der Waals surface area contributed by atoms with E-state index in [1.54, 1.807) is 0 Å². The molecule has 3 nitrogen and oxygen atoms in total. The number of nitrogens with zero attached hydrogens (tertiary/aromatic N) is 2. The minimum atomic E-state index is 0.897. The van der Waals surface area contributed by atoms with Crippen LogP contribution in [0.3, 0.4) is 0 Å². The van der Waals surface area contributed by atoms with Crippen molar-refractivity contribution in [3.63, 3.8) is 0 Å². The zero-order chi connectivity index (χ0) is 36.3. The molecular formula is C52H34N2O. The maximum atomic E-state index is 6.55. The lowest BCUT2D eigenvalue weighted by atomic mass is 9.93. The highest BCUT2D eigenvalue weighted by atomic mass is 16.3. The molecular weight excluding hydrogens is 669 g/mol. The topological polar surface area (TPSA) is 38.9 Å². The molecule has 7 aromatic carbocycles. The number of allylic oxidation sites excluding steroid dienone is 3. The molecule has 1 aliphatic carbocycles. The Morgan fingerprint density at radius 3 is 2.15 bits per heavy atom. The van der Waals surface area contributed by atoms with E-state index in [-0.39, 0.29) is 0 Å². The second-order valence-electron chi connectivity index (χ2n) is 14.4. The monoisotopic (exact) mass is 702 g/mol. The molecule has 0 saturated heterocycles. The van der Waals surface area contributed by atoms with Crippen molar-refractivity contribution in [2.24, 2.45) is 0 Å². The number of fused-ring (bicyclic) bond motifs is 10. The fraction of sp³-hybridized carbons (Fsp3) is 0.0385. The Morgan fingerprint density at radius 1 is 0.491 bits per heavy atom. The Balaban J connectivity index is 0.950. The zero-order valence-electron chi connectivity index (χ0n) is 30.0. The van der Waals surface area contributed by atoms with Crippen LogP contribution in [-0.2, 0) is 6.42 Å². The van der Waals surface area contributed by atoms with Gasteiger partial charge in [-0.15, -0.1) is 0 Å². The first-order valence-corrected chi connectivity index (χ1v) is 19.0. The molecule has 0 N–H and O–H groups in total. The highest BCUT2D eigenvalue weighted by Gasteiger charge is 2.18. The molecule has 10 aromatic rings. The summed E-state index contributed by atoms with van der Waals surface area (Å²) in [6.45, 7) is 0. The normalized spacial score (nSPS) is 14.5. The molecule has 0 atom stereocenters. The van der Waals surface area contributed by atoms with Crippen LogP contribution in [0.5, 0.6) is 0 Å². The summed E-state index contributed by atoms with van der Waals surface area (Å²) >= 11 is 0. The molecule has 258 valence electrons. The molecule has 3 heterocycles. The molecule has 55 heavy (non-hydrogen) atoms. The van der Waals surface area contributed by atoms with Crippen molar-refractivity contribution >= 4 is 66.2 Å². The number of hydrogen-bond donors (Lipinski definition) is 0. The molecule has 3 aromatic heterocycles. The van der Waals surface area contributed by atoms with Crippen molar-refractivity contribution in [1.29, 1.82) is 0 Å². The third-order valence-corrected chi connectivity index (χ3v) is 11.2. The predicted molar refractivity (Wildman–Crippen MR) is 230 cm³/mol. The van der Waals surface area contributed by atoms with E-state index in [1.165, 1.54) is 27.6 Å². The van der Waals surface area contributed by atoms with E-state index in [2.05, 4.69) is 170 Å². The second kappa shape index (κ2) is 12.8. The number of aryl methyl sites for hydroxylation is 1. The average Bonchev–Trinajstić information content (AvgIpc) is 3.63. The summed E-state index contributed by atoms with van der Waals surface area (Å²) in [5, 5.41) is 6.70. The lowest BCUT2D eigenvalue weighted by Crippen LogP contribution is -1.97. The van der Waals surface area contributed by atoms with Crippen LogP contribution in [0.2, 0.25) is 0 Å². The van der Waals surface area contributed by atoms with Crippen LogP contribution < -0.4 is 0 Å². The van der Waals surface area contributed by atoms with Crippen LogP contribution >= 0.6 is 0 Å². The molecule has 0 unspecified atom stereocenters. The van der Waals surface area contributed by atoms with E-state index >= 15 is 0 Å². The largest absolute Gasteiger partial charge is 0.455 e. The van der Waals surface area contributed by atoms with Crippen molar-refractivity contribution in [3.05, 3.63) is 193 Å². The van der Waals surface area contributed by atoms with E-state index in [9.17, 15) is 0 Å². The van der Waals surface area contributed by atoms with Crippen molar-refractivity contribution < 1.29 is 4.42 Å². The zero-order valence-corrected chi connectivity index (χ0v) is 30.0. The molecule has 11 rings (SSSR count). The average molecular weight is 703 g/mol. The smallest absolute Gasteiger partial charge is 0.144 e. The lowest BCUT2D eigenvalue weighted by molar-refractivity contribution is 0.673. The second-order valence-corrected chi connectivity index (χ2v) is 14.4. The Bertz CT molecular complexity index is 3190. The Hall–Kier alpha value is -7.10. The number of hydrogen-bond acceptors (Lipinski definition) is 3. The minimum Gasteiger partial charge on any atom is -0.455 e. The lowest BCUT2D eigenvalue weighted by Gasteiger charge is -2.14. The molecule has 0 bridgehead atoms. The summed E-state index contributed by atoms with van der Waals surface area (Å²) in [4.78, 5) is 10.5. The summed E-state index contributed by atoms with van der Waals surface area (Å²) in [6, 6.07) is 58.0. The summed E-state index contributed by atoms with van der Waals surface area (Å²) in [7, 11) is 0. The number of para-hydroxylation sites is 2. The van der Waals surface area contributed by atoms with Gasteiger partial charge < -0.3 is 4.42 Å². The van der Waals surface area contributed by atoms with Gasteiger partial charge in [0.15, 0.2) is 0 Å². The standard InChI is InChI=1S/C52H34N2O/c1-2-10-33(11-3-1)34-12-9-17-41-36(23-20-34)24-27-38-28-31-46(53-50(38)41)37-25-21-35(22-26-37)39-13-8-14-40(32-39)51-45-30-29-43-42-15-5-7-19-48(42)55-52(43)49(45)44-16-4-6-18-47(44)54-51/h1-8,10-16,18-32H,9,17H2/b23-20-,34-12+. The summed E-state index contributed by atoms with van der Waals surface area (Å²) in [5.74, 6) is 0. The third kappa shape index (κ3) is 5.35. The number of rotatable bonds is 4. The molecule has 0 fully saturated rings.